The van der Waals surface area contributed by atoms with Crippen molar-refractivity contribution in [1.82, 2.24) is 15.0 Å². The zero-order chi connectivity index (χ0) is 59.8. The predicted molar refractivity (Wildman–Crippen MR) is 213 cm³/mol. The highest BCUT2D eigenvalue weighted by atomic mass is 15.1. The van der Waals surface area contributed by atoms with E-state index in [1.165, 1.54) is 0 Å². The van der Waals surface area contributed by atoms with Crippen molar-refractivity contribution in [3.63, 3.8) is 0 Å². The van der Waals surface area contributed by atoms with Gasteiger partial charge in [-0.3, -0.25) is 9.97 Å². The van der Waals surface area contributed by atoms with Gasteiger partial charge in [0.15, 0.2) is 0 Å². The molecule has 0 bridgehead atoms. The van der Waals surface area contributed by atoms with Crippen LogP contribution in [0.25, 0.3) is 76.6 Å². The number of anilines is 3. The second-order valence-corrected chi connectivity index (χ2v) is 10.6. The molecule has 51 heavy (non-hydrogen) atoms. The van der Waals surface area contributed by atoms with E-state index in [9.17, 15) is 13.7 Å². The van der Waals surface area contributed by atoms with Crippen LogP contribution in [0.15, 0.2) is 182 Å². The maximum Gasteiger partial charge on any atom is 0.0970 e. The van der Waals surface area contributed by atoms with Crippen molar-refractivity contribution in [1.29, 1.82) is 0 Å². The van der Waals surface area contributed by atoms with Gasteiger partial charge in [0, 0.05) is 61.9 Å². The minimum atomic E-state index is -1.23. The van der Waals surface area contributed by atoms with Crippen molar-refractivity contribution >= 4 is 71.3 Å². The molecule has 0 spiro atoms. The van der Waals surface area contributed by atoms with E-state index in [-0.39, 0.29) is 0 Å². The molecule has 0 atom stereocenters. The molecule has 0 radical (unpaired) electrons. The molecule has 0 aliphatic heterocycles. The number of rotatable bonds is 5. The summed E-state index contributed by atoms with van der Waals surface area (Å²) in [7, 11) is 0. The number of pyridine rings is 3. The van der Waals surface area contributed by atoms with Crippen molar-refractivity contribution in [2.24, 2.45) is 0 Å². The van der Waals surface area contributed by atoms with Gasteiger partial charge >= 0.3 is 0 Å². The van der Waals surface area contributed by atoms with Crippen LogP contribution in [0.1, 0.15) is 41.1 Å². The number of hydrogen-bond acceptors (Lipinski definition) is 4. The summed E-state index contributed by atoms with van der Waals surface area (Å²) in [5, 5.41) is -4.36. The minimum Gasteiger partial charge on any atom is -0.311 e. The lowest BCUT2D eigenvalue weighted by Gasteiger charge is -2.25. The molecule has 4 heteroatoms. The number of benzene rings is 7. The van der Waals surface area contributed by atoms with Crippen molar-refractivity contribution < 1.29 is 41.1 Å². The lowest BCUT2D eigenvalue weighted by atomic mass is 9.92. The van der Waals surface area contributed by atoms with E-state index < -0.39 is 275 Å². The average molecular weight is 681 g/mol. The molecule has 0 N–H and O–H groups in total. The molecule has 0 unspecified atom stereocenters. The lowest BCUT2D eigenvalue weighted by Crippen LogP contribution is -2.09. The normalized spacial score (nSPS) is 19.8. The summed E-state index contributed by atoms with van der Waals surface area (Å²) in [5.41, 5.74) is -7.89. The zero-order valence-corrected chi connectivity index (χ0v) is 25.3. The van der Waals surface area contributed by atoms with Gasteiger partial charge in [0.1, 0.15) is 0 Å². The number of para-hydroxylation sites is 3. The molecule has 238 valence electrons. The fourth-order valence-corrected chi connectivity index (χ4v) is 5.59. The Bertz CT molecular complexity index is 4510. The number of hydrogen-bond donors (Lipinski definition) is 0. The van der Waals surface area contributed by atoms with Gasteiger partial charge in [-0.05, 0) is 82.3 Å². The summed E-state index contributed by atoms with van der Waals surface area (Å²) in [5.74, 6) is 0. The van der Waals surface area contributed by atoms with E-state index in [0.717, 1.165) is 0 Å². The molecule has 0 aliphatic rings. The zero-order valence-electron chi connectivity index (χ0n) is 55.3. The average Bonchev–Trinajstić information content (AvgIpc) is 3.63. The molecule has 0 saturated carbocycles. The molecule has 4 nitrogen and oxygen atoms in total. The van der Waals surface area contributed by atoms with Crippen molar-refractivity contribution in [3.8, 4) is 22.4 Å². The first-order valence-electron chi connectivity index (χ1n) is 29.8. The van der Waals surface area contributed by atoms with E-state index in [4.69, 9.17) is 27.4 Å². The summed E-state index contributed by atoms with van der Waals surface area (Å²) in [6, 6.07) is -27.8. The topological polar surface area (TPSA) is 41.9 Å². The van der Waals surface area contributed by atoms with Gasteiger partial charge in [0.2, 0.25) is 0 Å². The third-order valence-corrected chi connectivity index (χ3v) is 7.77. The molecule has 10 aromatic rings. The van der Waals surface area contributed by atoms with Gasteiger partial charge in [0.05, 0.1) is 63.4 Å². The van der Waals surface area contributed by atoms with E-state index in [1.807, 2.05) is 0 Å². The molecular weight excluding hydrogens is 621 g/mol. The quantitative estimate of drug-likeness (QED) is 0.170. The standard InChI is InChI=1S/C47H30N4/c1-3-11-35(12-4-1)51(36-13-5-2-6-14-36)37-22-17-32(18-23-37)45-42-26-21-34-30-33(20-24-39(34)44(42)41-15-7-8-16-43(41)50-45)38-27-29-49-47-40(38)25-19-31-10-9-28-48-46(31)47/h1-30H/i1D,2D,3D,4D,5D,6D,7D,8D,9D,10D,11D,12D,13D,14D,15D,16D,17D,18D,19D,20D,21D,22D,23D,24D,25D,26D,27D,28D,29D,30D. The Balaban J connectivity index is 1.39. The van der Waals surface area contributed by atoms with Gasteiger partial charge in [0.25, 0.3) is 0 Å². The van der Waals surface area contributed by atoms with Crippen molar-refractivity contribution in [3.05, 3.63) is 182 Å². The molecule has 3 heterocycles. The van der Waals surface area contributed by atoms with Gasteiger partial charge in [-0.15, -0.1) is 0 Å². The Morgan fingerprint density at radius 3 is 1.88 bits per heavy atom. The van der Waals surface area contributed by atoms with Gasteiger partial charge in [-0.2, -0.15) is 0 Å². The van der Waals surface area contributed by atoms with Crippen molar-refractivity contribution in [2.45, 2.75) is 0 Å². The summed E-state index contributed by atoms with van der Waals surface area (Å²) < 4.78 is 268. The Morgan fingerprint density at radius 1 is 0.431 bits per heavy atom. The Morgan fingerprint density at radius 2 is 1.08 bits per heavy atom. The number of fused-ring (bicyclic) bond motifs is 8. The molecule has 0 amide bonds. The van der Waals surface area contributed by atoms with E-state index in [0.29, 0.717) is 4.90 Å². The maximum absolute atomic E-state index is 9.74. The number of nitrogens with zero attached hydrogens (tertiary/aromatic N) is 4. The second kappa shape index (κ2) is 11.9. The smallest absolute Gasteiger partial charge is 0.0970 e. The van der Waals surface area contributed by atoms with Crippen LogP contribution in [0.2, 0.25) is 0 Å². The first-order chi connectivity index (χ1) is 37.8. The largest absolute Gasteiger partial charge is 0.311 e. The monoisotopic (exact) mass is 680 g/mol. The van der Waals surface area contributed by atoms with Crippen LogP contribution in [-0.2, 0) is 0 Å². The molecule has 10 rings (SSSR count). The summed E-state index contributed by atoms with van der Waals surface area (Å²) >= 11 is 0. The minimum absolute atomic E-state index is 0.381. The van der Waals surface area contributed by atoms with Crippen LogP contribution in [-0.4, -0.2) is 15.0 Å². The van der Waals surface area contributed by atoms with Gasteiger partial charge < -0.3 is 4.90 Å². The van der Waals surface area contributed by atoms with E-state index in [1.54, 1.807) is 0 Å². The highest BCUT2D eigenvalue weighted by Crippen LogP contribution is 2.41. The Labute approximate surface area is 337 Å². The van der Waals surface area contributed by atoms with Crippen LogP contribution in [0.4, 0.5) is 17.1 Å². The molecule has 0 fully saturated rings. The first kappa shape index (κ1) is 11.9. The number of aromatic nitrogens is 3. The molecule has 7 aromatic carbocycles. The molecule has 3 aromatic heterocycles. The van der Waals surface area contributed by atoms with Crippen LogP contribution >= 0.6 is 0 Å². The van der Waals surface area contributed by atoms with E-state index >= 15 is 0 Å². The lowest BCUT2D eigenvalue weighted by molar-refractivity contribution is 1.28. The van der Waals surface area contributed by atoms with Crippen LogP contribution in [0.5, 0.6) is 0 Å². The van der Waals surface area contributed by atoms with Crippen LogP contribution in [0.3, 0.4) is 0 Å². The molecule has 0 aliphatic carbocycles. The maximum atomic E-state index is 9.74. The fraction of sp³-hybridized carbons (Fsp3) is 0. The first-order valence-corrected chi connectivity index (χ1v) is 14.8. The molecular formula is C47H30N4. The van der Waals surface area contributed by atoms with Crippen LogP contribution < -0.4 is 4.90 Å². The Kier molecular flexibility index (Phi) is 2.77. The van der Waals surface area contributed by atoms with Gasteiger partial charge in [-0.25, -0.2) is 4.98 Å². The second-order valence-electron chi connectivity index (χ2n) is 10.6. The van der Waals surface area contributed by atoms with E-state index in [2.05, 4.69) is 15.0 Å². The van der Waals surface area contributed by atoms with Crippen LogP contribution in [0, 0.1) is 0 Å². The SMILES string of the molecule is [2H]c1nc2c(c([2H])c1[2H])c([2H])c([2H])c1c(-c3c([2H])c([2H])c4c(c3[2H])c([2H])c([2H])c3c(-c5c([2H])c([2H])c(N(c6c([2H])c([2H])c([2H])c([2H])c6[2H])c6c([2H])c([2H])c([2H])c([2H])c6[2H])c([2H])c5[2H])nc5c([2H])c([2H])c([2H])c([2H])c5c34)c([2H])c([2H])nc12. The molecule has 0 saturated heterocycles. The highest BCUT2D eigenvalue weighted by molar-refractivity contribution is 6.23. The fourth-order valence-electron chi connectivity index (χ4n) is 5.59. The third-order valence-electron chi connectivity index (χ3n) is 7.77. The Hall–Kier alpha value is -6.91. The van der Waals surface area contributed by atoms with Gasteiger partial charge in [-0.1, -0.05) is 109 Å². The van der Waals surface area contributed by atoms with Crippen molar-refractivity contribution in [2.75, 3.05) is 4.90 Å². The highest BCUT2D eigenvalue weighted by Gasteiger charge is 2.17. The predicted octanol–water partition coefficient (Wildman–Crippen LogP) is 12.4. The summed E-state index contributed by atoms with van der Waals surface area (Å²) in [6.45, 7) is 0. The summed E-state index contributed by atoms with van der Waals surface area (Å²) in [6.07, 6.45) is -1.66. The summed E-state index contributed by atoms with van der Waals surface area (Å²) in [4.78, 5) is 12.9. The third kappa shape index (κ3) is 4.88.